The van der Waals surface area contributed by atoms with Crippen LogP contribution < -0.4 is 0 Å². The van der Waals surface area contributed by atoms with Gasteiger partial charge in [-0.1, -0.05) is 176 Å². The molecule has 0 N–H and O–H groups in total. The lowest BCUT2D eigenvalue weighted by atomic mass is 9.74. The molecule has 55 heavy (non-hydrogen) atoms. The summed E-state index contributed by atoms with van der Waals surface area (Å²) in [4.78, 5) is 0. The number of furan rings is 1. The van der Waals surface area contributed by atoms with Crippen LogP contribution in [0.15, 0.2) is 192 Å². The van der Waals surface area contributed by atoms with Crippen LogP contribution in [0.2, 0.25) is 0 Å². The second kappa shape index (κ2) is 13.1. The summed E-state index contributed by atoms with van der Waals surface area (Å²) < 4.78 is 6.69. The molecule has 9 aromatic rings. The standard InChI is InChI=1S/C54H40O/c1-3-13-35(14-4-1)41-30-42(39-24-23-36-15-7-8-18-38(36)29-39)32-43(31-41)45-27-26-44(46-19-9-10-20-47(45)46)40-25-28-53-51(33-40)52-34-50(37-16-5-2-6-17-37)48-21-11-12-22-49(48)54(52)55-53/h1-29,32-33,41-42,50H,30-31,34H2. The molecule has 0 amide bonds. The lowest BCUT2D eigenvalue weighted by Gasteiger charge is -2.30. The van der Waals surface area contributed by atoms with E-state index < -0.39 is 0 Å². The van der Waals surface area contributed by atoms with Crippen molar-refractivity contribution in [3.8, 4) is 22.5 Å². The maximum absolute atomic E-state index is 6.69. The van der Waals surface area contributed by atoms with Crippen molar-refractivity contribution in [3.05, 3.63) is 221 Å². The Morgan fingerprint density at radius 3 is 1.98 bits per heavy atom. The number of hydrogen-bond acceptors (Lipinski definition) is 1. The van der Waals surface area contributed by atoms with Crippen molar-refractivity contribution in [3.63, 3.8) is 0 Å². The summed E-state index contributed by atoms with van der Waals surface area (Å²) in [6.07, 6.45) is 5.62. The third-order valence-corrected chi connectivity index (χ3v) is 12.4. The molecule has 2 aliphatic carbocycles. The van der Waals surface area contributed by atoms with Gasteiger partial charge in [-0.05, 0) is 103 Å². The van der Waals surface area contributed by atoms with E-state index in [2.05, 4.69) is 188 Å². The molecule has 2 aliphatic rings. The summed E-state index contributed by atoms with van der Waals surface area (Å²) in [6, 6.07) is 67.3. The van der Waals surface area contributed by atoms with Gasteiger partial charge in [-0.15, -0.1) is 0 Å². The van der Waals surface area contributed by atoms with E-state index in [1.165, 1.54) is 82.6 Å². The van der Waals surface area contributed by atoms with Gasteiger partial charge in [-0.2, -0.15) is 0 Å². The number of allylic oxidation sites excluding steroid dienone is 2. The molecule has 0 spiro atoms. The van der Waals surface area contributed by atoms with E-state index in [1.54, 1.807) is 0 Å². The summed E-state index contributed by atoms with van der Waals surface area (Å²) in [5, 5.41) is 6.42. The Hall–Kier alpha value is -6.44. The second-order valence-corrected chi connectivity index (χ2v) is 15.5. The van der Waals surface area contributed by atoms with Crippen molar-refractivity contribution < 1.29 is 4.42 Å². The van der Waals surface area contributed by atoms with E-state index in [-0.39, 0.29) is 5.92 Å². The summed E-state index contributed by atoms with van der Waals surface area (Å²) in [5.74, 6) is 2.08. The molecule has 0 radical (unpaired) electrons. The fourth-order valence-corrected chi connectivity index (χ4v) is 9.76. The molecule has 1 nitrogen and oxygen atoms in total. The predicted octanol–water partition coefficient (Wildman–Crippen LogP) is 14.5. The first-order valence-electron chi connectivity index (χ1n) is 19.7. The molecule has 262 valence electrons. The molecule has 0 saturated carbocycles. The van der Waals surface area contributed by atoms with Gasteiger partial charge in [0, 0.05) is 28.3 Å². The number of rotatable bonds is 5. The van der Waals surface area contributed by atoms with Gasteiger partial charge in [0.2, 0.25) is 0 Å². The van der Waals surface area contributed by atoms with Gasteiger partial charge in [-0.3, -0.25) is 0 Å². The zero-order valence-corrected chi connectivity index (χ0v) is 30.7. The van der Waals surface area contributed by atoms with Crippen molar-refractivity contribution in [2.45, 2.75) is 37.0 Å². The van der Waals surface area contributed by atoms with Crippen LogP contribution in [0.1, 0.15) is 64.0 Å². The summed E-state index contributed by atoms with van der Waals surface area (Å²) >= 11 is 0. The summed E-state index contributed by atoms with van der Waals surface area (Å²) in [5.41, 5.74) is 14.2. The van der Waals surface area contributed by atoms with Crippen molar-refractivity contribution in [2.24, 2.45) is 0 Å². The molecule has 11 rings (SSSR count). The lowest BCUT2D eigenvalue weighted by molar-refractivity contribution is 0.576. The van der Waals surface area contributed by atoms with Crippen LogP contribution in [-0.2, 0) is 6.42 Å². The van der Waals surface area contributed by atoms with Crippen molar-refractivity contribution >= 4 is 38.1 Å². The maximum Gasteiger partial charge on any atom is 0.138 e. The van der Waals surface area contributed by atoms with Gasteiger partial charge in [0.15, 0.2) is 0 Å². The molecule has 1 heteroatoms. The van der Waals surface area contributed by atoms with Gasteiger partial charge in [0.1, 0.15) is 11.3 Å². The van der Waals surface area contributed by atoms with Crippen LogP contribution in [0, 0.1) is 0 Å². The Labute approximate surface area is 322 Å². The minimum absolute atomic E-state index is 0.288. The smallest absolute Gasteiger partial charge is 0.138 e. The number of benzene rings is 8. The van der Waals surface area contributed by atoms with Crippen molar-refractivity contribution in [1.82, 2.24) is 0 Å². The number of fused-ring (bicyclic) bond motifs is 7. The molecule has 3 unspecified atom stereocenters. The maximum atomic E-state index is 6.69. The Balaban J connectivity index is 1.02. The molecular weight excluding hydrogens is 665 g/mol. The van der Waals surface area contributed by atoms with E-state index in [0.29, 0.717) is 11.8 Å². The highest BCUT2D eigenvalue weighted by Crippen LogP contribution is 2.49. The van der Waals surface area contributed by atoms with Gasteiger partial charge in [-0.25, -0.2) is 0 Å². The molecule has 1 heterocycles. The minimum atomic E-state index is 0.288. The van der Waals surface area contributed by atoms with Gasteiger partial charge < -0.3 is 4.42 Å². The number of hydrogen-bond donors (Lipinski definition) is 0. The largest absolute Gasteiger partial charge is 0.456 e. The van der Waals surface area contributed by atoms with E-state index >= 15 is 0 Å². The van der Waals surface area contributed by atoms with Crippen LogP contribution in [0.4, 0.5) is 0 Å². The normalized spacial score (nSPS) is 17.9. The average molecular weight is 705 g/mol. The Morgan fingerprint density at radius 2 is 1.15 bits per heavy atom. The fraction of sp³-hybridized carbons (Fsp3) is 0.111. The first-order chi connectivity index (χ1) is 27.2. The van der Waals surface area contributed by atoms with Crippen LogP contribution in [0.5, 0.6) is 0 Å². The van der Waals surface area contributed by atoms with E-state index in [1.807, 2.05) is 0 Å². The van der Waals surface area contributed by atoms with Gasteiger partial charge in [0.25, 0.3) is 0 Å². The fourth-order valence-electron chi connectivity index (χ4n) is 9.76. The van der Waals surface area contributed by atoms with Crippen molar-refractivity contribution in [1.29, 1.82) is 0 Å². The molecule has 0 saturated heterocycles. The highest BCUT2D eigenvalue weighted by molar-refractivity contribution is 6.04. The molecule has 0 fully saturated rings. The average Bonchev–Trinajstić information content (AvgIpc) is 3.64. The molecule has 3 atom stereocenters. The monoisotopic (exact) mass is 704 g/mol. The highest BCUT2D eigenvalue weighted by atomic mass is 16.3. The molecular formula is C54H40O. The third-order valence-electron chi connectivity index (χ3n) is 12.4. The predicted molar refractivity (Wildman–Crippen MR) is 230 cm³/mol. The lowest BCUT2D eigenvalue weighted by Crippen LogP contribution is -2.12. The van der Waals surface area contributed by atoms with Crippen molar-refractivity contribution in [2.75, 3.05) is 0 Å². The summed E-state index contributed by atoms with van der Waals surface area (Å²) in [7, 11) is 0. The molecule has 0 bridgehead atoms. The second-order valence-electron chi connectivity index (χ2n) is 15.5. The highest BCUT2D eigenvalue weighted by Gasteiger charge is 2.31. The van der Waals surface area contributed by atoms with E-state index in [0.717, 1.165) is 30.6 Å². The Kier molecular flexibility index (Phi) is 7.66. The Morgan fingerprint density at radius 1 is 0.455 bits per heavy atom. The van der Waals surface area contributed by atoms with E-state index in [4.69, 9.17) is 4.42 Å². The minimum Gasteiger partial charge on any atom is -0.456 e. The first-order valence-corrected chi connectivity index (χ1v) is 19.7. The van der Waals surface area contributed by atoms with Crippen LogP contribution in [0.25, 0.3) is 60.5 Å². The zero-order valence-electron chi connectivity index (χ0n) is 30.7. The third kappa shape index (κ3) is 5.53. The van der Waals surface area contributed by atoms with Gasteiger partial charge >= 0.3 is 0 Å². The SMILES string of the molecule is C1=C(c2ccc(-c3ccc4oc5c(c4c3)CC(c3ccccc3)c3ccccc3-5)c3ccccc23)CC(c2ccccc2)CC1c1ccc2ccccc2c1. The van der Waals surface area contributed by atoms with Crippen LogP contribution in [-0.4, -0.2) is 0 Å². The van der Waals surface area contributed by atoms with Gasteiger partial charge in [0.05, 0.1) is 0 Å². The molecule has 8 aromatic carbocycles. The van der Waals surface area contributed by atoms with Crippen LogP contribution >= 0.6 is 0 Å². The zero-order chi connectivity index (χ0) is 36.3. The summed E-state index contributed by atoms with van der Waals surface area (Å²) in [6.45, 7) is 0. The molecule has 1 aromatic heterocycles. The topological polar surface area (TPSA) is 13.1 Å². The van der Waals surface area contributed by atoms with E-state index in [9.17, 15) is 0 Å². The van der Waals surface area contributed by atoms with Crippen LogP contribution in [0.3, 0.4) is 0 Å². The molecule has 0 aliphatic heterocycles. The first kappa shape index (κ1) is 32.0. The Bertz CT molecular complexity index is 2910. The quantitative estimate of drug-likeness (QED) is 0.174.